The lowest BCUT2D eigenvalue weighted by Gasteiger charge is -1.98. The maximum atomic E-state index is 10.8. The van der Waals surface area contributed by atoms with Gasteiger partial charge in [0.1, 0.15) is 0 Å². The molecule has 21 heavy (non-hydrogen) atoms. The molecule has 1 heterocycles. The van der Waals surface area contributed by atoms with Gasteiger partial charge in [-0.2, -0.15) is 0 Å². The van der Waals surface area contributed by atoms with Crippen LogP contribution in [-0.4, -0.2) is 22.3 Å². The number of hydrogen-bond acceptors (Lipinski definition) is 3. The molecule has 3 rings (SSSR count). The van der Waals surface area contributed by atoms with Gasteiger partial charge in [-0.15, -0.1) is 0 Å². The minimum atomic E-state index is -0.943. The minimum absolute atomic E-state index is 0.248. The highest BCUT2D eigenvalue weighted by Gasteiger charge is 2.00. The molecule has 0 fully saturated rings. The van der Waals surface area contributed by atoms with Crippen LogP contribution in [0.1, 0.15) is 16.1 Å². The van der Waals surface area contributed by atoms with Gasteiger partial charge < -0.3 is 5.11 Å². The summed E-state index contributed by atoms with van der Waals surface area (Å²) in [5.41, 5.74) is 2.62. The number of benzene rings is 2. The van der Waals surface area contributed by atoms with Gasteiger partial charge in [0.15, 0.2) is 0 Å². The standard InChI is InChI=1S/C17H12N2O2/c20-17(21)13-6-8-14(9-7-13)18-11-15-10-5-12-3-1-2-4-16(12)19-15/h1-11H,(H,20,21). The SMILES string of the molecule is O=C(O)c1ccc(N=Cc2ccc3ccccc3n2)cc1. The van der Waals surface area contributed by atoms with Crippen LogP contribution in [0.2, 0.25) is 0 Å². The Balaban J connectivity index is 1.85. The van der Waals surface area contributed by atoms with E-state index in [1.165, 1.54) is 12.1 Å². The summed E-state index contributed by atoms with van der Waals surface area (Å²) in [6.07, 6.45) is 1.67. The fraction of sp³-hybridized carbons (Fsp3) is 0. The van der Waals surface area contributed by atoms with Gasteiger partial charge in [-0.1, -0.05) is 24.3 Å². The van der Waals surface area contributed by atoms with Crippen molar-refractivity contribution in [2.75, 3.05) is 0 Å². The molecule has 0 saturated carbocycles. The topological polar surface area (TPSA) is 62.5 Å². The highest BCUT2D eigenvalue weighted by Crippen LogP contribution is 2.14. The zero-order valence-corrected chi connectivity index (χ0v) is 11.1. The van der Waals surface area contributed by atoms with Crippen molar-refractivity contribution in [2.24, 2.45) is 4.99 Å². The number of aliphatic imine (C=N–C) groups is 1. The van der Waals surface area contributed by atoms with Gasteiger partial charge in [0.25, 0.3) is 0 Å². The molecule has 2 aromatic carbocycles. The highest BCUT2D eigenvalue weighted by molar-refractivity contribution is 5.88. The van der Waals surface area contributed by atoms with E-state index >= 15 is 0 Å². The van der Waals surface area contributed by atoms with Crippen molar-refractivity contribution in [3.8, 4) is 0 Å². The zero-order valence-electron chi connectivity index (χ0n) is 11.1. The van der Waals surface area contributed by atoms with Crippen LogP contribution >= 0.6 is 0 Å². The summed E-state index contributed by atoms with van der Waals surface area (Å²) < 4.78 is 0. The average Bonchev–Trinajstić information content (AvgIpc) is 2.53. The van der Waals surface area contributed by atoms with Crippen molar-refractivity contribution >= 4 is 28.8 Å². The largest absolute Gasteiger partial charge is 0.478 e. The molecule has 0 bridgehead atoms. The lowest BCUT2D eigenvalue weighted by Crippen LogP contribution is -1.94. The van der Waals surface area contributed by atoms with Crippen LogP contribution in [-0.2, 0) is 0 Å². The number of carbonyl (C=O) groups is 1. The number of rotatable bonds is 3. The van der Waals surface area contributed by atoms with Gasteiger partial charge in [-0.25, -0.2) is 9.78 Å². The van der Waals surface area contributed by atoms with Crippen LogP contribution in [0.3, 0.4) is 0 Å². The van der Waals surface area contributed by atoms with Gasteiger partial charge in [-0.05, 0) is 36.4 Å². The number of carboxylic acid groups (broad SMARTS) is 1. The van der Waals surface area contributed by atoms with Crippen molar-refractivity contribution < 1.29 is 9.90 Å². The van der Waals surface area contributed by atoms with E-state index in [-0.39, 0.29) is 5.56 Å². The molecule has 1 aromatic heterocycles. The maximum Gasteiger partial charge on any atom is 0.335 e. The first-order valence-corrected chi connectivity index (χ1v) is 6.45. The summed E-state index contributed by atoms with van der Waals surface area (Å²) in [5.74, 6) is -0.943. The lowest BCUT2D eigenvalue weighted by molar-refractivity contribution is 0.0697. The van der Waals surface area contributed by atoms with E-state index in [0.717, 1.165) is 16.6 Å². The molecule has 0 aliphatic rings. The molecule has 4 heteroatoms. The van der Waals surface area contributed by atoms with E-state index in [4.69, 9.17) is 5.11 Å². The molecular weight excluding hydrogens is 264 g/mol. The Morgan fingerprint density at radius 2 is 1.76 bits per heavy atom. The average molecular weight is 276 g/mol. The van der Waals surface area contributed by atoms with Crippen LogP contribution in [0, 0.1) is 0 Å². The molecule has 4 nitrogen and oxygen atoms in total. The van der Waals surface area contributed by atoms with Crippen LogP contribution in [0.25, 0.3) is 10.9 Å². The van der Waals surface area contributed by atoms with E-state index in [9.17, 15) is 4.79 Å². The van der Waals surface area contributed by atoms with Gasteiger partial charge >= 0.3 is 5.97 Å². The van der Waals surface area contributed by atoms with Crippen molar-refractivity contribution in [3.63, 3.8) is 0 Å². The molecule has 0 amide bonds. The van der Waals surface area contributed by atoms with Gasteiger partial charge in [0.2, 0.25) is 0 Å². The Labute approximate surface area is 121 Å². The predicted octanol–water partition coefficient (Wildman–Crippen LogP) is 3.68. The van der Waals surface area contributed by atoms with E-state index in [0.29, 0.717) is 5.69 Å². The summed E-state index contributed by atoms with van der Waals surface area (Å²) in [6.45, 7) is 0. The number of aromatic nitrogens is 1. The number of nitrogens with zero attached hydrogens (tertiary/aromatic N) is 2. The van der Waals surface area contributed by atoms with Gasteiger partial charge in [0.05, 0.1) is 28.7 Å². The first kappa shape index (κ1) is 13.0. The van der Waals surface area contributed by atoms with Crippen molar-refractivity contribution in [1.82, 2.24) is 4.98 Å². The molecule has 3 aromatic rings. The quantitative estimate of drug-likeness (QED) is 0.742. The highest BCUT2D eigenvalue weighted by atomic mass is 16.4. The third-order valence-electron chi connectivity index (χ3n) is 3.08. The first-order chi connectivity index (χ1) is 10.2. The maximum absolute atomic E-state index is 10.8. The number of fused-ring (bicyclic) bond motifs is 1. The number of para-hydroxylation sites is 1. The number of hydrogen-bond donors (Lipinski definition) is 1. The summed E-state index contributed by atoms with van der Waals surface area (Å²) in [7, 11) is 0. The van der Waals surface area contributed by atoms with E-state index in [2.05, 4.69) is 9.98 Å². The molecule has 0 aliphatic carbocycles. The van der Waals surface area contributed by atoms with Gasteiger partial charge in [-0.3, -0.25) is 4.99 Å². The second-order valence-corrected chi connectivity index (χ2v) is 4.54. The zero-order chi connectivity index (χ0) is 14.7. The fourth-order valence-corrected chi connectivity index (χ4v) is 1.98. The fourth-order valence-electron chi connectivity index (χ4n) is 1.98. The second kappa shape index (κ2) is 5.54. The molecule has 0 radical (unpaired) electrons. The Bertz CT molecular complexity index is 824. The third-order valence-corrected chi connectivity index (χ3v) is 3.08. The molecule has 1 N–H and O–H groups in total. The Morgan fingerprint density at radius 1 is 1.00 bits per heavy atom. The molecule has 0 spiro atoms. The van der Waals surface area contributed by atoms with Crippen LogP contribution < -0.4 is 0 Å². The third kappa shape index (κ3) is 2.95. The normalized spacial score (nSPS) is 11.0. The molecular formula is C17H12N2O2. The lowest BCUT2D eigenvalue weighted by atomic mass is 10.2. The van der Waals surface area contributed by atoms with E-state index < -0.39 is 5.97 Å². The Kier molecular flexibility index (Phi) is 3.43. The van der Waals surface area contributed by atoms with E-state index in [1.807, 2.05) is 36.4 Å². The summed E-state index contributed by atoms with van der Waals surface area (Å²) >= 11 is 0. The Hall–Kier alpha value is -3.01. The Morgan fingerprint density at radius 3 is 2.52 bits per heavy atom. The summed E-state index contributed by atoms with van der Waals surface area (Å²) in [5, 5.41) is 9.92. The summed E-state index contributed by atoms with van der Waals surface area (Å²) in [6, 6.07) is 18.2. The molecule has 0 saturated heterocycles. The number of aromatic carboxylic acids is 1. The molecule has 0 atom stereocenters. The minimum Gasteiger partial charge on any atom is -0.478 e. The van der Waals surface area contributed by atoms with Crippen molar-refractivity contribution in [1.29, 1.82) is 0 Å². The second-order valence-electron chi connectivity index (χ2n) is 4.54. The predicted molar refractivity (Wildman–Crippen MR) is 82.4 cm³/mol. The first-order valence-electron chi connectivity index (χ1n) is 6.45. The van der Waals surface area contributed by atoms with E-state index in [1.54, 1.807) is 18.3 Å². The summed E-state index contributed by atoms with van der Waals surface area (Å²) in [4.78, 5) is 19.6. The van der Waals surface area contributed by atoms with Gasteiger partial charge in [0, 0.05) is 5.39 Å². The van der Waals surface area contributed by atoms with Crippen molar-refractivity contribution in [3.05, 3.63) is 71.9 Å². The monoisotopic (exact) mass is 276 g/mol. The number of carboxylic acids is 1. The van der Waals surface area contributed by atoms with Crippen molar-refractivity contribution in [2.45, 2.75) is 0 Å². The molecule has 0 unspecified atom stereocenters. The van der Waals surface area contributed by atoms with Crippen LogP contribution in [0.15, 0.2) is 65.7 Å². The van der Waals surface area contributed by atoms with Crippen LogP contribution in [0.4, 0.5) is 5.69 Å². The smallest absolute Gasteiger partial charge is 0.335 e. The molecule has 0 aliphatic heterocycles. The van der Waals surface area contributed by atoms with Crippen LogP contribution in [0.5, 0.6) is 0 Å². The number of pyridine rings is 1. The molecule has 102 valence electrons.